The van der Waals surface area contributed by atoms with Gasteiger partial charge in [0.2, 0.25) is 11.0 Å². The van der Waals surface area contributed by atoms with Crippen molar-refractivity contribution in [3.05, 3.63) is 35.4 Å². The zero-order valence-electron chi connectivity index (χ0n) is 13.9. The van der Waals surface area contributed by atoms with Crippen LogP contribution in [-0.2, 0) is 4.79 Å². The Morgan fingerprint density at radius 1 is 1.28 bits per heavy atom. The lowest BCUT2D eigenvalue weighted by molar-refractivity contribution is -0.119. The van der Waals surface area contributed by atoms with E-state index in [9.17, 15) is 9.59 Å². The summed E-state index contributed by atoms with van der Waals surface area (Å²) in [5.41, 5.74) is 1.61. The van der Waals surface area contributed by atoms with E-state index in [1.165, 1.54) is 35.9 Å². The van der Waals surface area contributed by atoms with Gasteiger partial charge in [0.15, 0.2) is 4.34 Å². The van der Waals surface area contributed by atoms with Crippen LogP contribution in [0.5, 0.6) is 0 Å². The minimum atomic E-state index is -0.213. The highest BCUT2D eigenvalue weighted by Gasteiger charge is 2.17. The van der Waals surface area contributed by atoms with Crippen LogP contribution in [0.25, 0.3) is 0 Å². The molecule has 3 rings (SSSR count). The first-order valence-corrected chi connectivity index (χ1v) is 10.0. The number of carbonyl (C=O) groups is 2. The zero-order valence-corrected chi connectivity index (χ0v) is 15.6. The number of rotatable bonds is 6. The van der Waals surface area contributed by atoms with E-state index in [1.807, 2.05) is 25.1 Å². The molecule has 0 radical (unpaired) electrons. The fourth-order valence-electron chi connectivity index (χ4n) is 2.74. The van der Waals surface area contributed by atoms with Crippen molar-refractivity contribution in [1.82, 2.24) is 15.5 Å². The maximum atomic E-state index is 12.2. The molecule has 2 N–H and O–H groups in total. The molecule has 1 aliphatic rings. The van der Waals surface area contributed by atoms with Crippen LogP contribution in [-0.4, -0.2) is 33.8 Å². The predicted molar refractivity (Wildman–Crippen MR) is 100 cm³/mol. The number of anilines is 1. The summed E-state index contributed by atoms with van der Waals surface area (Å²) < 4.78 is 0.668. The van der Waals surface area contributed by atoms with Gasteiger partial charge in [-0.3, -0.25) is 14.9 Å². The van der Waals surface area contributed by atoms with Crippen LogP contribution >= 0.6 is 23.1 Å². The fourth-order valence-corrected chi connectivity index (χ4v) is 4.30. The molecule has 1 aromatic carbocycles. The second kappa shape index (κ2) is 8.44. The summed E-state index contributed by atoms with van der Waals surface area (Å²) in [4.78, 5) is 24.1. The molecular formula is C17H20N4O2S2. The molecule has 2 amide bonds. The molecule has 0 saturated heterocycles. The molecular weight excluding hydrogens is 356 g/mol. The molecule has 132 valence electrons. The highest BCUT2D eigenvalue weighted by molar-refractivity contribution is 8.01. The maximum absolute atomic E-state index is 12.2. The third kappa shape index (κ3) is 5.27. The van der Waals surface area contributed by atoms with Gasteiger partial charge < -0.3 is 5.32 Å². The monoisotopic (exact) mass is 376 g/mol. The minimum Gasteiger partial charge on any atom is -0.353 e. The zero-order chi connectivity index (χ0) is 17.6. The lowest BCUT2D eigenvalue weighted by Gasteiger charge is -2.10. The second-order valence-electron chi connectivity index (χ2n) is 6.03. The van der Waals surface area contributed by atoms with E-state index in [2.05, 4.69) is 20.8 Å². The van der Waals surface area contributed by atoms with Crippen molar-refractivity contribution >= 4 is 40.0 Å². The van der Waals surface area contributed by atoms with Gasteiger partial charge in [-0.1, -0.05) is 53.6 Å². The number of thioether (sulfide) groups is 1. The van der Waals surface area contributed by atoms with Gasteiger partial charge in [0.05, 0.1) is 5.75 Å². The quantitative estimate of drug-likeness (QED) is 0.597. The van der Waals surface area contributed by atoms with Gasteiger partial charge in [-0.2, -0.15) is 0 Å². The largest absolute Gasteiger partial charge is 0.353 e. The van der Waals surface area contributed by atoms with E-state index >= 15 is 0 Å². The number of aromatic nitrogens is 2. The van der Waals surface area contributed by atoms with E-state index in [0.29, 0.717) is 26.8 Å². The van der Waals surface area contributed by atoms with E-state index in [1.54, 1.807) is 6.07 Å². The van der Waals surface area contributed by atoms with Crippen molar-refractivity contribution in [2.24, 2.45) is 0 Å². The van der Waals surface area contributed by atoms with Gasteiger partial charge >= 0.3 is 0 Å². The lowest BCUT2D eigenvalue weighted by Crippen LogP contribution is -2.33. The first-order valence-electron chi connectivity index (χ1n) is 8.24. The molecule has 6 nitrogen and oxygen atoms in total. The van der Waals surface area contributed by atoms with E-state index in [-0.39, 0.29) is 11.8 Å². The Morgan fingerprint density at radius 3 is 2.84 bits per heavy atom. The molecule has 25 heavy (non-hydrogen) atoms. The molecule has 2 aromatic rings. The van der Waals surface area contributed by atoms with Crippen molar-refractivity contribution in [3.8, 4) is 0 Å². The van der Waals surface area contributed by atoms with Crippen LogP contribution < -0.4 is 10.6 Å². The number of hydrogen-bond acceptors (Lipinski definition) is 6. The Hall–Kier alpha value is -1.93. The number of amides is 2. The van der Waals surface area contributed by atoms with Crippen LogP contribution in [0.1, 0.15) is 41.6 Å². The molecule has 0 atom stereocenters. The van der Waals surface area contributed by atoms with E-state index < -0.39 is 0 Å². The average molecular weight is 377 g/mol. The van der Waals surface area contributed by atoms with Gasteiger partial charge in [-0.25, -0.2) is 0 Å². The molecule has 1 heterocycles. The van der Waals surface area contributed by atoms with Crippen LogP contribution in [0, 0.1) is 6.92 Å². The highest BCUT2D eigenvalue weighted by Crippen LogP contribution is 2.26. The molecule has 1 aliphatic carbocycles. The van der Waals surface area contributed by atoms with Crippen molar-refractivity contribution in [1.29, 1.82) is 0 Å². The number of aryl methyl sites for hydroxylation is 1. The topological polar surface area (TPSA) is 84.0 Å². The molecule has 0 aliphatic heterocycles. The molecule has 0 spiro atoms. The van der Waals surface area contributed by atoms with E-state index in [0.717, 1.165) is 18.4 Å². The Bertz CT molecular complexity index is 757. The number of carbonyl (C=O) groups excluding carboxylic acids is 2. The van der Waals surface area contributed by atoms with Crippen molar-refractivity contribution in [3.63, 3.8) is 0 Å². The summed E-state index contributed by atoms with van der Waals surface area (Å²) in [6.45, 7) is 1.94. The minimum absolute atomic E-state index is 0.0254. The SMILES string of the molecule is Cc1cccc(C(=O)Nc2nnc(SCC(=O)NC3CCCC3)s2)c1. The molecule has 1 aromatic heterocycles. The standard InChI is InChI=1S/C17H20N4O2S2/c1-11-5-4-6-12(9-11)15(23)19-16-20-21-17(25-16)24-10-14(22)18-13-7-2-3-8-13/h4-6,9,13H,2-3,7-8,10H2,1H3,(H,18,22)(H,19,20,23). The Kier molecular flexibility index (Phi) is 6.04. The Labute approximate surface area is 154 Å². The van der Waals surface area contributed by atoms with Crippen LogP contribution in [0.2, 0.25) is 0 Å². The van der Waals surface area contributed by atoms with E-state index in [4.69, 9.17) is 0 Å². The smallest absolute Gasteiger partial charge is 0.257 e. The molecule has 0 unspecified atom stereocenters. The van der Waals surface area contributed by atoms with Crippen molar-refractivity contribution in [2.45, 2.75) is 43.0 Å². The fraction of sp³-hybridized carbons (Fsp3) is 0.412. The van der Waals surface area contributed by atoms with Gasteiger partial charge in [-0.05, 0) is 31.9 Å². The maximum Gasteiger partial charge on any atom is 0.257 e. The number of benzene rings is 1. The lowest BCUT2D eigenvalue weighted by atomic mass is 10.1. The summed E-state index contributed by atoms with van der Waals surface area (Å²) >= 11 is 2.61. The first-order chi connectivity index (χ1) is 12.1. The summed E-state index contributed by atoms with van der Waals surface area (Å²) in [5.74, 6) is 0.129. The molecule has 0 bridgehead atoms. The van der Waals surface area contributed by atoms with Crippen LogP contribution in [0.3, 0.4) is 0 Å². The Balaban J connectivity index is 1.48. The molecule has 8 heteroatoms. The summed E-state index contributed by atoms with van der Waals surface area (Å²) in [6.07, 6.45) is 4.53. The van der Waals surface area contributed by atoms with Crippen LogP contribution in [0.15, 0.2) is 28.6 Å². The normalized spacial score (nSPS) is 14.4. The third-order valence-electron chi connectivity index (χ3n) is 3.95. The van der Waals surface area contributed by atoms with Crippen molar-refractivity contribution in [2.75, 3.05) is 11.1 Å². The van der Waals surface area contributed by atoms with Crippen LogP contribution in [0.4, 0.5) is 5.13 Å². The number of nitrogens with zero attached hydrogens (tertiary/aromatic N) is 2. The predicted octanol–water partition coefficient (Wildman–Crippen LogP) is 3.25. The van der Waals surface area contributed by atoms with Gasteiger partial charge in [0, 0.05) is 11.6 Å². The van der Waals surface area contributed by atoms with Gasteiger partial charge in [0.1, 0.15) is 0 Å². The van der Waals surface area contributed by atoms with Gasteiger partial charge in [0.25, 0.3) is 5.91 Å². The average Bonchev–Trinajstić information content (AvgIpc) is 3.25. The molecule has 1 saturated carbocycles. The second-order valence-corrected chi connectivity index (χ2v) is 8.23. The summed E-state index contributed by atoms with van der Waals surface area (Å²) in [7, 11) is 0. The summed E-state index contributed by atoms with van der Waals surface area (Å²) in [5, 5.41) is 14.2. The highest BCUT2D eigenvalue weighted by atomic mass is 32.2. The third-order valence-corrected chi connectivity index (χ3v) is 5.93. The first kappa shape index (κ1) is 17.9. The number of hydrogen-bond donors (Lipinski definition) is 2. The Morgan fingerprint density at radius 2 is 2.08 bits per heavy atom. The van der Waals surface area contributed by atoms with Gasteiger partial charge in [-0.15, -0.1) is 10.2 Å². The summed E-state index contributed by atoms with van der Waals surface area (Å²) in [6, 6.07) is 7.68. The number of nitrogens with one attached hydrogen (secondary N) is 2. The molecule has 1 fully saturated rings. The van der Waals surface area contributed by atoms with Crippen molar-refractivity contribution < 1.29 is 9.59 Å².